The van der Waals surface area contributed by atoms with Gasteiger partial charge >= 0.3 is 0 Å². The average Bonchev–Trinajstić information content (AvgIpc) is 3.46. The number of aromatic nitrogens is 5. The van der Waals surface area contributed by atoms with Crippen LogP contribution in [0.15, 0.2) is 144 Å². The Morgan fingerprint density at radius 3 is 1.89 bits per heavy atom. The fraction of sp³-hybridized carbons (Fsp3) is 0. The second-order valence-electron chi connectivity index (χ2n) is 11.6. The molecule has 6 aromatic carbocycles. The summed E-state index contributed by atoms with van der Waals surface area (Å²) in [5.41, 5.74) is 6.52. The Balaban J connectivity index is 1.43. The molecule has 46 heavy (non-hydrogen) atoms. The zero-order chi connectivity index (χ0) is 30.4. The van der Waals surface area contributed by atoms with Crippen molar-refractivity contribution < 1.29 is 0 Å². The predicted octanol–water partition coefficient (Wildman–Crippen LogP) is 8.86. The highest BCUT2D eigenvalue weighted by atomic mass is 16.1. The molecule has 4 heterocycles. The molecule has 0 spiro atoms. The van der Waals surface area contributed by atoms with Crippen LogP contribution in [-0.4, -0.2) is 23.9 Å². The van der Waals surface area contributed by atoms with E-state index in [1.807, 2.05) is 72.8 Å². The number of fused-ring (bicyclic) bond motifs is 11. The maximum atomic E-state index is 14.4. The van der Waals surface area contributed by atoms with E-state index in [0.29, 0.717) is 22.5 Å². The molecule has 0 amide bonds. The third-order valence-electron chi connectivity index (χ3n) is 9.11. The monoisotopic (exact) mass is 589 g/mol. The van der Waals surface area contributed by atoms with Gasteiger partial charge in [-0.05, 0) is 35.0 Å². The minimum Gasteiger partial charge on any atom is -0.276 e. The van der Waals surface area contributed by atoms with Crippen molar-refractivity contribution in [2.75, 3.05) is 0 Å². The minimum atomic E-state index is -0.102. The summed E-state index contributed by atoms with van der Waals surface area (Å²) in [6, 6.07) is 46.8. The number of nitrogens with zero attached hydrogens (tertiary/aromatic N) is 5. The Labute approximate surface area is 261 Å². The van der Waals surface area contributed by atoms with Gasteiger partial charge in [0.15, 0.2) is 0 Å². The maximum Gasteiger partial charge on any atom is 0.266 e. The van der Waals surface area contributed by atoms with E-state index < -0.39 is 0 Å². The summed E-state index contributed by atoms with van der Waals surface area (Å²) in [4.78, 5) is 30.0. The van der Waals surface area contributed by atoms with Crippen molar-refractivity contribution in [3.8, 4) is 17.2 Å². The zero-order valence-corrected chi connectivity index (χ0v) is 24.4. The molecule has 214 valence electrons. The third kappa shape index (κ3) is 3.35. The molecule has 10 rings (SSSR count). The number of benzene rings is 6. The summed E-state index contributed by atoms with van der Waals surface area (Å²) in [6.07, 6.45) is 0. The van der Waals surface area contributed by atoms with Crippen molar-refractivity contribution in [1.82, 2.24) is 23.9 Å². The van der Waals surface area contributed by atoms with Gasteiger partial charge in [0.25, 0.3) is 5.56 Å². The molecule has 0 bridgehead atoms. The van der Waals surface area contributed by atoms with Gasteiger partial charge in [-0.3, -0.25) is 13.8 Å². The number of hydrogen-bond donors (Lipinski definition) is 0. The Morgan fingerprint density at radius 2 is 1.07 bits per heavy atom. The van der Waals surface area contributed by atoms with Gasteiger partial charge in [-0.15, -0.1) is 0 Å². The summed E-state index contributed by atoms with van der Waals surface area (Å²) in [5, 5.41) is 6.62. The SMILES string of the molecule is O=c1c2ccccc2nc2c3ccccc3c3c(c4ccccc4n3-c3nc(-c4cccc5ccccc45)c4ccccc4n3)n12. The first-order valence-electron chi connectivity index (χ1n) is 15.3. The number of pyridine rings is 1. The topological polar surface area (TPSA) is 65.1 Å². The van der Waals surface area contributed by atoms with Gasteiger partial charge in [0.1, 0.15) is 5.65 Å². The second-order valence-corrected chi connectivity index (χ2v) is 11.6. The highest BCUT2D eigenvalue weighted by Gasteiger charge is 2.23. The van der Waals surface area contributed by atoms with Crippen molar-refractivity contribution in [2.45, 2.75) is 0 Å². The third-order valence-corrected chi connectivity index (χ3v) is 9.11. The van der Waals surface area contributed by atoms with Gasteiger partial charge in [0.2, 0.25) is 5.95 Å². The summed E-state index contributed by atoms with van der Waals surface area (Å²) in [6.45, 7) is 0. The maximum absolute atomic E-state index is 14.4. The van der Waals surface area contributed by atoms with Crippen LogP contribution >= 0.6 is 0 Å². The van der Waals surface area contributed by atoms with Crippen LogP contribution in [0.1, 0.15) is 0 Å². The molecule has 0 fully saturated rings. The first-order chi connectivity index (χ1) is 22.8. The van der Waals surface area contributed by atoms with Crippen LogP contribution in [0.3, 0.4) is 0 Å². The van der Waals surface area contributed by atoms with Crippen LogP contribution in [0.25, 0.3) is 88.1 Å². The molecule has 0 saturated carbocycles. The van der Waals surface area contributed by atoms with Gasteiger partial charge in [-0.2, -0.15) is 0 Å². The normalized spacial score (nSPS) is 12.0. The second kappa shape index (κ2) is 9.30. The molecular formula is C40H23N5O. The number of rotatable bonds is 2. The van der Waals surface area contributed by atoms with Crippen molar-refractivity contribution in [2.24, 2.45) is 0 Å². The van der Waals surface area contributed by atoms with Crippen LogP contribution in [0.5, 0.6) is 0 Å². The van der Waals surface area contributed by atoms with Gasteiger partial charge in [-0.1, -0.05) is 115 Å². The lowest BCUT2D eigenvalue weighted by Crippen LogP contribution is -2.16. The Hall–Kier alpha value is -6.40. The molecule has 0 N–H and O–H groups in total. The molecule has 0 aliphatic carbocycles. The molecule has 0 saturated heterocycles. The van der Waals surface area contributed by atoms with Gasteiger partial charge in [0, 0.05) is 27.1 Å². The molecule has 4 aromatic heterocycles. The Morgan fingerprint density at radius 1 is 0.457 bits per heavy atom. The van der Waals surface area contributed by atoms with Crippen molar-refractivity contribution in [1.29, 1.82) is 0 Å². The quantitative estimate of drug-likeness (QED) is 0.149. The Kier molecular flexibility index (Phi) is 5.05. The van der Waals surface area contributed by atoms with E-state index in [4.69, 9.17) is 15.0 Å². The molecule has 10 aromatic rings. The molecule has 0 unspecified atom stereocenters. The van der Waals surface area contributed by atoms with E-state index in [-0.39, 0.29) is 5.56 Å². The van der Waals surface area contributed by atoms with Gasteiger partial charge in [-0.25, -0.2) is 15.0 Å². The van der Waals surface area contributed by atoms with Crippen LogP contribution in [-0.2, 0) is 0 Å². The molecule has 0 aliphatic heterocycles. The summed E-state index contributed by atoms with van der Waals surface area (Å²) in [7, 11) is 0. The molecule has 0 radical (unpaired) electrons. The molecule has 0 aliphatic rings. The van der Waals surface area contributed by atoms with E-state index in [0.717, 1.165) is 65.6 Å². The standard InChI is InChI=1S/C40H23N5O/c46-39-30-18-6-9-22-33(30)41-38-28-16-4-3-15-27(28)36-37(45(38)39)31-19-7-10-23-34(31)44(36)40-42-32-21-8-5-17-29(32)35(43-40)26-20-11-13-24-12-1-2-14-25(24)26/h1-23H. The fourth-order valence-electron chi connectivity index (χ4n) is 7.11. The first-order valence-corrected chi connectivity index (χ1v) is 15.3. The minimum absolute atomic E-state index is 0.102. The van der Waals surface area contributed by atoms with Crippen LogP contribution < -0.4 is 5.56 Å². The van der Waals surface area contributed by atoms with E-state index in [1.165, 1.54) is 0 Å². The first kappa shape index (κ1) is 25.0. The van der Waals surface area contributed by atoms with Crippen molar-refractivity contribution >= 4 is 70.9 Å². The Bertz CT molecular complexity index is 2950. The largest absolute Gasteiger partial charge is 0.276 e. The van der Waals surface area contributed by atoms with Crippen molar-refractivity contribution in [3.05, 3.63) is 150 Å². The van der Waals surface area contributed by atoms with Crippen LogP contribution in [0.2, 0.25) is 0 Å². The van der Waals surface area contributed by atoms with Crippen LogP contribution in [0.4, 0.5) is 0 Å². The summed E-state index contributed by atoms with van der Waals surface area (Å²) < 4.78 is 3.90. The molecule has 0 atom stereocenters. The molecule has 6 nitrogen and oxygen atoms in total. The lowest BCUT2D eigenvalue weighted by atomic mass is 9.99. The van der Waals surface area contributed by atoms with Gasteiger partial charge in [0.05, 0.1) is 38.7 Å². The van der Waals surface area contributed by atoms with E-state index in [1.54, 1.807) is 4.40 Å². The lowest BCUT2D eigenvalue weighted by molar-refractivity contribution is 1.01. The lowest BCUT2D eigenvalue weighted by Gasteiger charge is -2.14. The zero-order valence-electron chi connectivity index (χ0n) is 24.4. The van der Waals surface area contributed by atoms with E-state index in [9.17, 15) is 4.79 Å². The fourth-order valence-corrected chi connectivity index (χ4v) is 7.11. The predicted molar refractivity (Wildman–Crippen MR) is 187 cm³/mol. The van der Waals surface area contributed by atoms with E-state index >= 15 is 0 Å². The summed E-state index contributed by atoms with van der Waals surface area (Å²) in [5.74, 6) is 0.541. The number of para-hydroxylation sites is 3. The van der Waals surface area contributed by atoms with Gasteiger partial charge < -0.3 is 0 Å². The molecule has 6 heteroatoms. The number of hydrogen-bond acceptors (Lipinski definition) is 4. The highest BCUT2D eigenvalue weighted by Crippen LogP contribution is 2.39. The average molecular weight is 590 g/mol. The summed E-state index contributed by atoms with van der Waals surface area (Å²) >= 11 is 0. The smallest absolute Gasteiger partial charge is 0.266 e. The van der Waals surface area contributed by atoms with E-state index in [2.05, 4.69) is 71.3 Å². The van der Waals surface area contributed by atoms with Crippen LogP contribution in [0, 0.1) is 0 Å². The van der Waals surface area contributed by atoms with Crippen molar-refractivity contribution in [3.63, 3.8) is 0 Å². The highest BCUT2D eigenvalue weighted by molar-refractivity contribution is 6.20. The molecular weight excluding hydrogens is 566 g/mol.